The van der Waals surface area contributed by atoms with E-state index in [9.17, 15) is 14.4 Å². The highest BCUT2D eigenvalue weighted by atomic mass is 16.4. The number of carbonyl (C=O) groups excluding carboxylic acids is 2. The van der Waals surface area contributed by atoms with Gasteiger partial charge in [-0.05, 0) is 32.6 Å². The summed E-state index contributed by atoms with van der Waals surface area (Å²) in [6.07, 6.45) is 3.21. The van der Waals surface area contributed by atoms with Crippen molar-refractivity contribution in [3.8, 4) is 0 Å². The van der Waals surface area contributed by atoms with E-state index in [1.807, 2.05) is 6.92 Å². The number of nitrogens with zero attached hydrogens (tertiary/aromatic N) is 1. The maximum Gasteiger partial charge on any atom is 0.324 e. The van der Waals surface area contributed by atoms with Crippen LogP contribution in [-0.2, 0) is 9.59 Å². The molecule has 1 rings (SSSR count). The van der Waals surface area contributed by atoms with Gasteiger partial charge in [0.2, 0.25) is 5.91 Å². The second kappa shape index (κ2) is 6.98. The molecule has 1 fully saturated rings. The summed E-state index contributed by atoms with van der Waals surface area (Å²) in [7, 11) is 0. The van der Waals surface area contributed by atoms with E-state index in [-0.39, 0.29) is 30.8 Å². The van der Waals surface area contributed by atoms with Crippen LogP contribution in [0.2, 0.25) is 0 Å². The number of nitrogens with one attached hydrogen (secondary N) is 1. The summed E-state index contributed by atoms with van der Waals surface area (Å²) in [5, 5.41) is 10.8. The normalized spacial score (nSPS) is 14.1. The second-order valence-electron chi connectivity index (χ2n) is 4.47. The molecule has 6 heteroatoms. The lowest BCUT2D eigenvalue weighted by Gasteiger charge is -2.20. The molecule has 102 valence electrons. The molecule has 1 aliphatic carbocycles. The van der Waals surface area contributed by atoms with E-state index in [4.69, 9.17) is 5.11 Å². The maximum atomic E-state index is 11.7. The van der Waals surface area contributed by atoms with Gasteiger partial charge in [-0.15, -0.1) is 0 Å². The van der Waals surface area contributed by atoms with E-state index in [2.05, 4.69) is 5.32 Å². The first-order chi connectivity index (χ1) is 8.54. The lowest BCUT2D eigenvalue weighted by atomic mass is 10.2. The predicted molar refractivity (Wildman–Crippen MR) is 65.0 cm³/mol. The first-order valence-electron chi connectivity index (χ1n) is 6.36. The number of imide groups is 1. The number of rotatable bonds is 7. The fraction of sp³-hybridized carbons (Fsp3) is 0.750. The second-order valence-corrected chi connectivity index (χ2v) is 4.47. The number of carboxylic acid groups (broad SMARTS) is 1. The highest BCUT2D eigenvalue weighted by molar-refractivity contribution is 5.94. The summed E-state index contributed by atoms with van der Waals surface area (Å²) in [6, 6.07) is -0.0435. The van der Waals surface area contributed by atoms with Gasteiger partial charge in [0.05, 0.1) is 0 Å². The zero-order valence-corrected chi connectivity index (χ0v) is 10.6. The molecule has 1 aliphatic rings. The van der Waals surface area contributed by atoms with Crippen LogP contribution in [0.3, 0.4) is 0 Å². The van der Waals surface area contributed by atoms with Gasteiger partial charge in [-0.2, -0.15) is 0 Å². The number of hydrogen-bond donors (Lipinski definition) is 2. The summed E-state index contributed by atoms with van der Waals surface area (Å²) in [6.45, 7) is 2.48. The van der Waals surface area contributed by atoms with Crippen LogP contribution in [0, 0.1) is 0 Å². The fourth-order valence-electron chi connectivity index (χ4n) is 1.77. The Kier molecular flexibility index (Phi) is 5.61. The van der Waals surface area contributed by atoms with Crippen molar-refractivity contribution < 1.29 is 19.5 Å². The van der Waals surface area contributed by atoms with E-state index < -0.39 is 5.97 Å². The van der Waals surface area contributed by atoms with Crippen molar-refractivity contribution in [1.82, 2.24) is 10.2 Å². The molecule has 0 aromatic heterocycles. The first-order valence-corrected chi connectivity index (χ1v) is 6.36. The van der Waals surface area contributed by atoms with Crippen LogP contribution < -0.4 is 5.32 Å². The molecular weight excluding hydrogens is 236 g/mol. The quantitative estimate of drug-likeness (QED) is 0.673. The smallest absolute Gasteiger partial charge is 0.324 e. The zero-order chi connectivity index (χ0) is 13.5. The number of aliphatic carboxylic acids is 1. The molecule has 0 radical (unpaired) electrons. The number of amides is 3. The monoisotopic (exact) mass is 256 g/mol. The van der Waals surface area contributed by atoms with Crippen LogP contribution in [0.25, 0.3) is 0 Å². The van der Waals surface area contributed by atoms with Crippen molar-refractivity contribution in [2.75, 3.05) is 6.54 Å². The van der Waals surface area contributed by atoms with E-state index in [1.54, 1.807) is 4.90 Å². The molecule has 3 amide bonds. The van der Waals surface area contributed by atoms with Gasteiger partial charge < -0.3 is 10.0 Å². The molecular formula is C12H20N2O4. The number of unbranched alkanes of at least 4 members (excludes halogenated alkanes) is 1. The summed E-state index contributed by atoms with van der Waals surface area (Å²) >= 11 is 0. The topological polar surface area (TPSA) is 86.7 Å². The largest absolute Gasteiger partial charge is 0.481 e. The average Bonchev–Trinajstić information content (AvgIpc) is 3.09. The van der Waals surface area contributed by atoms with Gasteiger partial charge in [-0.1, -0.05) is 0 Å². The van der Waals surface area contributed by atoms with Gasteiger partial charge in [0.15, 0.2) is 0 Å². The predicted octanol–water partition coefficient (Wildman–Crippen LogP) is 1.35. The number of urea groups is 1. The van der Waals surface area contributed by atoms with Crippen LogP contribution in [0.5, 0.6) is 0 Å². The third-order valence-corrected chi connectivity index (χ3v) is 2.88. The van der Waals surface area contributed by atoms with Crippen LogP contribution in [0.1, 0.15) is 45.4 Å². The molecule has 0 spiro atoms. The van der Waals surface area contributed by atoms with Crippen molar-refractivity contribution in [1.29, 1.82) is 0 Å². The van der Waals surface area contributed by atoms with Gasteiger partial charge in [-0.25, -0.2) is 4.79 Å². The summed E-state index contributed by atoms with van der Waals surface area (Å²) in [4.78, 5) is 35.1. The Hall–Kier alpha value is -1.59. The van der Waals surface area contributed by atoms with Crippen LogP contribution in [0.15, 0.2) is 0 Å². The van der Waals surface area contributed by atoms with Gasteiger partial charge in [-0.3, -0.25) is 14.9 Å². The third-order valence-electron chi connectivity index (χ3n) is 2.88. The van der Waals surface area contributed by atoms with Gasteiger partial charge in [0.1, 0.15) is 0 Å². The molecule has 0 saturated heterocycles. The lowest BCUT2D eigenvalue weighted by molar-refractivity contribution is -0.137. The molecule has 18 heavy (non-hydrogen) atoms. The Bertz CT molecular complexity index is 326. The fourth-order valence-corrected chi connectivity index (χ4v) is 1.77. The van der Waals surface area contributed by atoms with Crippen molar-refractivity contribution in [2.24, 2.45) is 0 Å². The Morgan fingerprint density at radius 3 is 2.33 bits per heavy atom. The molecule has 0 aromatic rings. The van der Waals surface area contributed by atoms with Crippen LogP contribution in [-0.4, -0.2) is 40.5 Å². The minimum Gasteiger partial charge on any atom is -0.481 e. The van der Waals surface area contributed by atoms with E-state index >= 15 is 0 Å². The summed E-state index contributed by atoms with van der Waals surface area (Å²) in [5.74, 6) is -1.19. The molecule has 0 aliphatic heterocycles. The minimum atomic E-state index is -0.864. The summed E-state index contributed by atoms with van der Waals surface area (Å²) in [5.41, 5.74) is 0. The molecule has 1 saturated carbocycles. The molecule has 2 N–H and O–H groups in total. The maximum absolute atomic E-state index is 11.7. The molecule has 0 unspecified atom stereocenters. The minimum absolute atomic E-state index is 0.0599. The van der Waals surface area contributed by atoms with Gasteiger partial charge in [0.25, 0.3) is 0 Å². The third kappa shape index (κ3) is 5.16. The number of carbonyl (C=O) groups is 3. The molecule has 6 nitrogen and oxygen atoms in total. The van der Waals surface area contributed by atoms with Crippen molar-refractivity contribution >= 4 is 17.9 Å². The summed E-state index contributed by atoms with van der Waals surface area (Å²) < 4.78 is 0. The average molecular weight is 256 g/mol. The molecule has 0 atom stereocenters. The van der Waals surface area contributed by atoms with E-state index in [0.29, 0.717) is 19.4 Å². The number of carboxylic acids is 1. The molecule has 0 aromatic carbocycles. The Morgan fingerprint density at radius 1 is 1.22 bits per heavy atom. The first kappa shape index (κ1) is 14.5. The zero-order valence-electron chi connectivity index (χ0n) is 10.6. The molecule has 0 heterocycles. The SMILES string of the molecule is CCN(C(=O)NC(=O)CCCCC(=O)O)C1CC1. The van der Waals surface area contributed by atoms with Crippen LogP contribution in [0.4, 0.5) is 4.79 Å². The van der Waals surface area contributed by atoms with Crippen molar-refractivity contribution in [2.45, 2.75) is 51.5 Å². The lowest BCUT2D eigenvalue weighted by Crippen LogP contribution is -2.43. The van der Waals surface area contributed by atoms with Gasteiger partial charge in [0, 0.05) is 25.4 Å². The highest BCUT2D eigenvalue weighted by Gasteiger charge is 2.31. The van der Waals surface area contributed by atoms with Gasteiger partial charge >= 0.3 is 12.0 Å². The molecule has 0 bridgehead atoms. The van der Waals surface area contributed by atoms with Crippen molar-refractivity contribution in [3.05, 3.63) is 0 Å². The van der Waals surface area contributed by atoms with E-state index in [0.717, 1.165) is 12.8 Å². The van der Waals surface area contributed by atoms with E-state index in [1.165, 1.54) is 0 Å². The van der Waals surface area contributed by atoms with Crippen LogP contribution >= 0.6 is 0 Å². The van der Waals surface area contributed by atoms with Crippen molar-refractivity contribution in [3.63, 3.8) is 0 Å². The Labute approximate surface area is 106 Å². The number of hydrogen-bond acceptors (Lipinski definition) is 3. The Morgan fingerprint density at radius 2 is 1.83 bits per heavy atom. The standard InChI is InChI=1S/C12H20N2O4/c1-2-14(9-7-8-9)12(18)13-10(15)5-3-4-6-11(16)17/h9H,2-8H2,1H3,(H,16,17)(H,13,15,18). The highest BCUT2D eigenvalue weighted by Crippen LogP contribution is 2.26. The Balaban J connectivity index is 2.18.